The summed E-state index contributed by atoms with van der Waals surface area (Å²) in [5, 5.41) is 0. The maximum Gasteiger partial charge on any atom is 0.219 e. The highest BCUT2D eigenvalue weighted by molar-refractivity contribution is 5.73. The average molecular weight is 403 g/mol. The van der Waals surface area contributed by atoms with E-state index in [1.54, 1.807) is 6.92 Å². The van der Waals surface area contributed by atoms with Crippen LogP contribution in [0, 0.1) is 40.4 Å². The first-order chi connectivity index (χ1) is 13.6. The van der Waals surface area contributed by atoms with Crippen LogP contribution in [0.4, 0.5) is 0 Å². The summed E-state index contributed by atoms with van der Waals surface area (Å²) in [5.74, 6) is 4.61. The SMILES string of the molecule is CC(=O)N(C)[C@@H](C)[C@H]1CC[C@H]2[C@@H]3CC[C@H]4C[C@@H](N(C)C)CC[C@]4(C)[C@H]3CC[C@]12C. The Bertz CT molecular complexity index is 632. The van der Waals surface area contributed by atoms with Crippen LogP contribution in [-0.2, 0) is 4.79 Å². The number of rotatable bonds is 3. The van der Waals surface area contributed by atoms with E-state index >= 15 is 0 Å². The largest absolute Gasteiger partial charge is 0.343 e. The second-order valence-corrected chi connectivity index (χ2v) is 12.1. The van der Waals surface area contributed by atoms with Gasteiger partial charge in [0.1, 0.15) is 0 Å². The van der Waals surface area contributed by atoms with Crippen LogP contribution in [0.5, 0.6) is 0 Å². The Balaban J connectivity index is 1.53. The Hall–Kier alpha value is -0.570. The minimum absolute atomic E-state index is 0.226. The fraction of sp³-hybridized carbons (Fsp3) is 0.962. The summed E-state index contributed by atoms with van der Waals surface area (Å²) in [6.45, 7) is 9.33. The molecule has 0 saturated heterocycles. The highest BCUT2D eigenvalue weighted by Gasteiger charge is 2.61. The smallest absolute Gasteiger partial charge is 0.219 e. The lowest BCUT2D eigenvalue weighted by atomic mass is 9.44. The van der Waals surface area contributed by atoms with E-state index in [2.05, 4.69) is 39.8 Å². The Morgan fingerprint density at radius 1 is 0.897 bits per heavy atom. The summed E-state index contributed by atoms with van der Waals surface area (Å²) < 4.78 is 0. The van der Waals surface area contributed by atoms with Gasteiger partial charge in [0.2, 0.25) is 5.91 Å². The van der Waals surface area contributed by atoms with E-state index in [1.165, 1.54) is 57.8 Å². The lowest BCUT2D eigenvalue weighted by molar-refractivity contribution is -0.135. The molecule has 0 radical (unpaired) electrons. The topological polar surface area (TPSA) is 23.6 Å². The number of hydrogen-bond acceptors (Lipinski definition) is 2. The molecule has 166 valence electrons. The maximum absolute atomic E-state index is 12.0. The third kappa shape index (κ3) is 3.29. The van der Waals surface area contributed by atoms with Gasteiger partial charge in [0.15, 0.2) is 0 Å². The first-order valence-electron chi connectivity index (χ1n) is 12.5. The van der Waals surface area contributed by atoms with Crippen LogP contribution in [0.1, 0.15) is 85.5 Å². The van der Waals surface area contributed by atoms with Crippen LogP contribution in [0.2, 0.25) is 0 Å². The molecule has 3 nitrogen and oxygen atoms in total. The quantitative estimate of drug-likeness (QED) is 0.627. The maximum atomic E-state index is 12.0. The molecule has 4 aliphatic rings. The molecule has 29 heavy (non-hydrogen) atoms. The molecule has 0 N–H and O–H groups in total. The molecule has 0 bridgehead atoms. The summed E-state index contributed by atoms with van der Waals surface area (Å²) >= 11 is 0. The van der Waals surface area contributed by atoms with Crippen molar-refractivity contribution in [1.82, 2.24) is 9.80 Å². The van der Waals surface area contributed by atoms with E-state index in [0.29, 0.717) is 22.8 Å². The molecule has 0 unspecified atom stereocenters. The molecule has 3 heteroatoms. The van der Waals surface area contributed by atoms with Crippen molar-refractivity contribution in [3.05, 3.63) is 0 Å². The first-order valence-corrected chi connectivity index (χ1v) is 12.5. The van der Waals surface area contributed by atoms with Gasteiger partial charge >= 0.3 is 0 Å². The fourth-order valence-corrected chi connectivity index (χ4v) is 9.09. The van der Waals surface area contributed by atoms with Crippen molar-refractivity contribution in [1.29, 1.82) is 0 Å². The van der Waals surface area contributed by atoms with Gasteiger partial charge in [-0.25, -0.2) is 0 Å². The molecule has 9 atom stereocenters. The van der Waals surface area contributed by atoms with Gasteiger partial charge in [-0.3, -0.25) is 4.79 Å². The number of fused-ring (bicyclic) bond motifs is 5. The molecule has 4 rings (SSSR count). The molecule has 0 aromatic carbocycles. The van der Waals surface area contributed by atoms with Crippen molar-refractivity contribution in [3.8, 4) is 0 Å². The Morgan fingerprint density at radius 2 is 1.55 bits per heavy atom. The van der Waals surface area contributed by atoms with Gasteiger partial charge < -0.3 is 9.80 Å². The predicted octanol–water partition coefficient (Wildman–Crippen LogP) is 5.44. The zero-order chi connectivity index (χ0) is 21.1. The van der Waals surface area contributed by atoms with Crippen molar-refractivity contribution in [2.75, 3.05) is 21.1 Å². The van der Waals surface area contributed by atoms with E-state index in [4.69, 9.17) is 0 Å². The van der Waals surface area contributed by atoms with Gasteiger partial charge in [-0.05, 0) is 119 Å². The molecule has 0 spiro atoms. The third-order valence-electron chi connectivity index (χ3n) is 11.1. The zero-order valence-electron chi connectivity index (χ0n) is 20.2. The summed E-state index contributed by atoms with van der Waals surface area (Å²) in [7, 11) is 6.58. The highest BCUT2D eigenvalue weighted by Crippen LogP contribution is 2.68. The minimum atomic E-state index is 0.226. The van der Waals surface area contributed by atoms with E-state index in [-0.39, 0.29) is 5.91 Å². The second-order valence-electron chi connectivity index (χ2n) is 12.1. The molecule has 4 saturated carbocycles. The molecule has 0 aromatic heterocycles. The van der Waals surface area contributed by atoms with E-state index in [9.17, 15) is 4.79 Å². The number of amides is 1. The highest BCUT2D eigenvalue weighted by atomic mass is 16.2. The molecule has 1 amide bonds. The number of carbonyl (C=O) groups is 1. The van der Waals surface area contributed by atoms with E-state index in [0.717, 1.165) is 29.7 Å². The van der Waals surface area contributed by atoms with E-state index in [1.807, 2.05) is 11.9 Å². The third-order valence-corrected chi connectivity index (χ3v) is 11.1. The van der Waals surface area contributed by atoms with Gasteiger partial charge in [-0.2, -0.15) is 0 Å². The molecule has 0 aliphatic heterocycles. The van der Waals surface area contributed by atoms with Crippen LogP contribution in [0.3, 0.4) is 0 Å². The Labute approximate surface area is 180 Å². The van der Waals surface area contributed by atoms with Crippen LogP contribution < -0.4 is 0 Å². The molecular formula is C26H46N2O. The fourth-order valence-electron chi connectivity index (χ4n) is 9.09. The van der Waals surface area contributed by atoms with E-state index < -0.39 is 0 Å². The summed E-state index contributed by atoms with van der Waals surface area (Å²) in [6.07, 6.45) is 12.7. The Morgan fingerprint density at radius 3 is 2.21 bits per heavy atom. The molecule has 0 aromatic rings. The Kier molecular flexibility index (Phi) is 5.63. The van der Waals surface area contributed by atoms with Gasteiger partial charge in [-0.1, -0.05) is 13.8 Å². The minimum Gasteiger partial charge on any atom is -0.343 e. The second kappa shape index (κ2) is 7.53. The van der Waals surface area contributed by atoms with Crippen LogP contribution in [0.15, 0.2) is 0 Å². The van der Waals surface area contributed by atoms with Crippen molar-refractivity contribution >= 4 is 5.91 Å². The van der Waals surface area contributed by atoms with Crippen LogP contribution in [0.25, 0.3) is 0 Å². The van der Waals surface area contributed by atoms with Gasteiger partial charge in [0, 0.05) is 26.1 Å². The summed E-state index contributed by atoms with van der Waals surface area (Å²) in [5.41, 5.74) is 1.02. The van der Waals surface area contributed by atoms with Crippen molar-refractivity contribution in [3.63, 3.8) is 0 Å². The molecule has 0 heterocycles. The molecule has 4 aliphatic carbocycles. The van der Waals surface area contributed by atoms with Crippen LogP contribution >= 0.6 is 0 Å². The van der Waals surface area contributed by atoms with Crippen molar-refractivity contribution in [2.45, 2.75) is 97.6 Å². The summed E-state index contributed by atoms with van der Waals surface area (Å²) in [4.78, 5) is 16.5. The van der Waals surface area contributed by atoms with Crippen LogP contribution in [-0.4, -0.2) is 48.9 Å². The van der Waals surface area contributed by atoms with Gasteiger partial charge in [0.25, 0.3) is 0 Å². The summed E-state index contributed by atoms with van der Waals surface area (Å²) in [6, 6.07) is 1.18. The van der Waals surface area contributed by atoms with Crippen molar-refractivity contribution in [2.24, 2.45) is 40.4 Å². The number of nitrogens with zero attached hydrogens (tertiary/aromatic N) is 2. The van der Waals surface area contributed by atoms with Gasteiger partial charge in [-0.15, -0.1) is 0 Å². The lowest BCUT2D eigenvalue weighted by Crippen LogP contribution is -2.56. The predicted molar refractivity (Wildman–Crippen MR) is 121 cm³/mol. The van der Waals surface area contributed by atoms with Crippen molar-refractivity contribution < 1.29 is 4.79 Å². The molecular weight excluding hydrogens is 356 g/mol. The first kappa shape index (κ1) is 21.7. The number of hydrogen-bond donors (Lipinski definition) is 0. The monoisotopic (exact) mass is 402 g/mol. The average Bonchev–Trinajstić information content (AvgIpc) is 3.03. The molecule has 4 fully saturated rings. The lowest BCUT2D eigenvalue weighted by Gasteiger charge is -2.62. The zero-order valence-corrected chi connectivity index (χ0v) is 20.2. The number of carbonyl (C=O) groups excluding carboxylic acids is 1. The standard InChI is InChI=1S/C26H46N2O/c1-17(28(7)18(2)29)22-10-11-23-21-9-8-19-16-20(27(5)6)12-14-25(19,3)24(21)13-15-26(22,23)4/h17,19-24H,8-16H2,1-7H3/t17-,19-,20-,21-,22+,23-,24-,25-,26+/m0/s1. The van der Waals surface area contributed by atoms with Gasteiger partial charge in [0.05, 0.1) is 0 Å². The normalized spacial score (nSPS) is 47.9.